The van der Waals surface area contributed by atoms with Gasteiger partial charge in [-0.2, -0.15) is 0 Å². The molecule has 0 fully saturated rings. The molecule has 0 spiro atoms. The van der Waals surface area contributed by atoms with Crippen molar-refractivity contribution >= 4 is 5.91 Å². The van der Waals surface area contributed by atoms with E-state index in [1.54, 1.807) is 19.2 Å². The summed E-state index contributed by atoms with van der Waals surface area (Å²) in [6.07, 6.45) is 0.965. The van der Waals surface area contributed by atoms with Crippen molar-refractivity contribution in [3.05, 3.63) is 54.1 Å². The third kappa shape index (κ3) is 5.83. The summed E-state index contributed by atoms with van der Waals surface area (Å²) in [5.41, 5.74) is 1.00. The van der Waals surface area contributed by atoms with Crippen LogP contribution in [0.25, 0.3) is 0 Å². The lowest BCUT2D eigenvalue weighted by atomic mass is 10.2. The summed E-state index contributed by atoms with van der Waals surface area (Å²) in [4.78, 5) is 11.8. The topological polar surface area (TPSA) is 56.8 Å². The Labute approximate surface area is 142 Å². The Kier molecular flexibility index (Phi) is 6.95. The molecule has 5 nitrogen and oxygen atoms in total. The van der Waals surface area contributed by atoms with Gasteiger partial charge in [-0.15, -0.1) is 0 Å². The van der Waals surface area contributed by atoms with Crippen molar-refractivity contribution in [1.82, 2.24) is 5.32 Å². The smallest absolute Gasteiger partial charge is 0.258 e. The molecular weight excluding hydrogens is 306 g/mol. The lowest BCUT2D eigenvalue weighted by molar-refractivity contribution is -0.123. The maximum Gasteiger partial charge on any atom is 0.258 e. The van der Waals surface area contributed by atoms with Gasteiger partial charge in [-0.1, -0.05) is 19.1 Å². The summed E-state index contributed by atoms with van der Waals surface area (Å²) in [7, 11) is 1.62. The van der Waals surface area contributed by atoms with Crippen LogP contribution in [0.2, 0.25) is 0 Å². The van der Waals surface area contributed by atoms with Gasteiger partial charge in [0, 0.05) is 6.54 Å². The fourth-order valence-corrected chi connectivity index (χ4v) is 2.00. The minimum atomic E-state index is -0.169. The van der Waals surface area contributed by atoms with Gasteiger partial charge in [-0.05, 0) is 48.4 Å². The van der Waals surface area contributed by atoms with E-state index in [0.29, 0.717) is 18.9 Å². The van der Waals surface area contributed by atoms with Crippen molar-refractivity contribution in [3.63, 3.8) is 0 Å². The van der Waals surface area contributed by atoms with Gasteiger partial charge in [0.15, 0.2) is 6.61 Å². The summed E-state index contributed by atoms with van der Waals surface area (Å²) in [6.45, 7) is 3.18. The van der Waals surface area contributed by atoms with Crippen LogP contribution in [0.3, 0.4) is 0 Å². The van der Waals surface area contributed by atoms with Crippen LogP contribution in [0.15, 0.2) is 48.5 Å². The lowest BCUT2D eigenvalue weighted by Gasteiger charge is -2.09. The monoisotopic (exact) mass is 329 g/mol. The molecule has 0 aliphatic rings. The minimum Gasteiger partial charge on any atom is -0.497 e. The van der Waals surface area contributed by atoms with Crippen LogP contribution >= 0.6 is 0 Å². The number of hydrogen-bond donors (Lipinski definition) is 1. The van der Waals surface area contributed by atoms with Crippen LogP contribution in [-0.4, -0.2) is 26.2 Å². The van der Waals surface area contributed by atoms with E-state index in [1.807, 2.05) is 36.4 Å². The molecule has 128 valence electrons. The molecular formula is C19H23NO4. The van der Waals surface area contributed by atoms with Crippen LogP contribution in [0, 0.1) is 0 Å². The van der Waals surface area contributed by atoms with Gasteiger partial charge in [0.1, 0.15) is 17.2 Å². The molecule has 2 aromatic carbocycles. The van der Waals surface area contributed by atoms with E-state index in [0.717, 1.165) is 23.5 Å². The molecule has 0 aromatic heterocycles. The van der Waals surface area contributed by atoms with Crippen LogP contribution in [0.1, 0.15) is 18.9 Å². The largest absolute Gasteiger partial charge is 0.497 e. The number of benzene rings is 2. The second kappa shape index (κ2) is 9.45. The highest BCUT2D eigenvalue weighted by molar-refractivity contribution is 5.77. The van der Waals surface area contributed by atoms with E-state index >= 15 is 0 Å². The SMILES string of the molecule is CCCOc1ccc(OCC(=O)NCc2ccc(OC)cc2)cc1. The Morgan fingerprint density at radius 3 is 2.08 bits per heavy atom. The Bertz CT molecular complexity index is 623. The molecule has 1 amide bonds. The van der Waals surface area contributed by atoms with Gasteiger partial charge >= 0.3 is 0 Å². The Hall–Kier alpha value is -2.69. The first kappa shape index (κ1) is 17.7. The van der Waals surface area contributed by atoms with Crippen LogP contribution in [-0.2, 0) is 11.3 Å². The van der Waals surface area contributed by atoms with Crippen LogP contribution in [0.5, 0.6) is 17.2 Å². The van der Waals surface area contributed by atoms with Gasteiger partial charge in [0.25, 0.3) is 5.91 Å². The predicted octanol–water partition coefficient (Wildman–Crippen LogP) is 3.18. The zero-order valence-electron chi connectivity index (χ0n) is 14.1. The standard InChI is InChI=1S/C19H23NO4/c1-3-12-23-17-8-10-18(11-9-17)24-14-19(21)20-13-15-4-6-16(22-2)7-5-15/h4-11H,3,12-14H2,1-2H3,(H,20,21). The van der Waals surface area contributed by atoms with Crippen molar-refractivity contribution in [3.8, 4) is 17.2 Å². The number of methoxy groups -OCH3 is 1. The summed E-state index contributed by atoms with van der Waals surface area (Å²) >= 11 is 0. The third-order valence-corrected chi connectivity index (χ3v) is 3.32. The highest BCUT2D eigenvalue weighted by atomic mass is 16.5. The number of ether oxygens (including phenoxy) is 3. The van der Waals surface area contributed by atoms with Gasteiger partial charge < -0.3 is 19.5 Å². The molecule has 5 heteroatoms. The number of hydrogen-bond acceptors (Lipinski definition) is 4. The van der Waals surface area contributed by atoms with Gasteiger partial charge in [-0.25, -0.2) is 0 Å². The zero-order valence-corrected chi connectivity index (χ0v) is 14.1. The molecule has 2 aromatic rings. The first-order valence-electron chi connectivity index (χ1n) is 7.96. The van der Waals surface area contributed by atoms with Crippen LogP contribution in [0.4, 0.5) is 0 Å². The molecule has 2 rings (SSSR count). The van der Waals surface area contributed by atoms with Crippen LogP contribution < -0.4 is 19.5 Å². The molecule has 0 atom stereocenters. The van der Waals surface area contributed by atoms with Gasteiger partial charge in [-0.3, -0.25) is 4.79 Å². The summed E-state index contributed by atoms with van der Waals surface area (Å²) < 4.78 is 16.1. The number of rotatable bonds is 9. The molecule has 0 unspecified atom stereocenters. The van der Waals surface area contributed by atoms with Crippen molar-refractivity contribution in [1.29, 1.82) is 0 Å². The third-order valence-electron chi connectivity index (χ3n) is 3.32. The Balaban J connectivity index is 1.72. The van der Waals surface area contributed by atoms with E-state index in [2.05, 4.69) is 12.2 Å². The number of carbonyl (C=O) groups excluding carboxylic acids is 1. The van der Waals surface area contributed by atoms with E-state index in [4.69, 9.17) is 14.2 Å². The average molecular weight is 329 g/mol. The lowest BCUT2D eigenvalue weighted by Crippen LogP contribution is -2.28. The highest BCUT2D eigenvalue weighted by Crippen LogP contribution is 2.17. The molecule has 0 aliphatic carbocycles. The zero-order chi connectivity index (χ0) is 17.2. The summed E-state index contributed by atoms with van der Waals surface area (Å²) in [5.74, 6) is 2.06. The number of carbonyl (C=O) groups is 1. The molecule has 0 bridgehead atoms. The maximum absolute atomic E-state index is 11.8. The molecule has 0 aliphatic heterocycles. The van der Waals surface area contributed by atoms with Gasteiger partial charge in [0.05, 0.1) is 13.7 Å². The van der Waals surface area contributed by atoms with E-state index in [1.165, 1.54) is 0 Å². The molecule has 0 heterocycles. The quantitative estimate of drug-likeness (QED) is 0.768. The number of nitrogens with one attached hydrogen (secondary N) is 1. The number of amides is 1. The highest BCUT2D eigenvalue weighted by Gasteiger charge is 2.04. The van der Waals surface area contributed by atoms with E-state index in [9.17, 15) is 4.79 Å². The van der Waals surface area contributed by atoms with E-state index in [-0.39, 0.29) is 12.5 Å². The Morgan fingerprint density at radius 2 is 1.50 bits per heavy atom. The second-order valence-corrected chi connectivity index (χ2v) is 5.23. The van der Waals surface area contributed by atoms with E-state index < -0.39 is 0 Å². The first-order chi connectivity index (χ1) is 11.7. The second-order valence-electron chi connectivity index (χ2n) is 5.23. The fourth-order valence-electron chi connectivity index (χ4n) is 2.00. The fraction of sp³-hybridized carbons (Fsp3) is 0.316. The molecule has 24 heavy (non-hydrogen) atoms. The summed E-state index contributed by atoms with van der Waals surface area (Å²) in [5, 5.41) is 2.82. The molecule has 0 saturated carbocycles. The van der Waals surface area contributed by atoms with Crippen molar-refractivity contribution in [2.45, 2.75) is 19.9 Å². The maximum atomic E-state index is 11.8. The van der Waals surface area contributed by atoms with Gasteiger partial charge in [0.2, 0.25) is 0 Å². The Morgan fingerprint density at radius 1 is 0.917 bits per heavy atom. The molecule has 1 N–H and O–H groups in total. The first-order valence-corrected chi connectivity index (χ1v) is 7.96. The molecule has 0 radical (unpaired) electrons. The minimum absolute atomic E-state index is 0.0225. The van der Waals surface area contributed by atoms with Crippen molar-refractivity contribution < 1.29 is 19.0 Å². The summed E-state index contributed by atoms with van der Waals surface area (Å²) in [6, 6.07) is 14.8. The normalized spacial score (nSPS) is 10.1. The van der Waals surface area contributed by atoms with Crippen molar-refractivity contribution in [2.75, 3.05) is 20.3 Å². The molecule has 0 saturated heterocycles. The average Bonchev–Trinajstić information content (AvgIpc) is 2.64. The predicted molar refractivity (Wildman–Crippen MR) is 92.6 cm³/mol. The van der Waals surface area contributed by atoms with Crippen molar-refractivity contribution in [2.24, 2.45) is 0 Å².